The van der Waals surface area contributed by atoms with Gasteiger partial charge in [0.15, 0.2) is 0 Å². The Morgan fingerprint density at radius 1 is 1.23 bits per heavy atom. The van der Waals surface area contributed by atoms with Gasteiger partial charge in [0.1, 0.15) is 11.4 Å². The Balaban J connectivity index is 1.47. The van der Waals surface area contributed by atoms with E-state index in [1.807, 2.05) is 35.0 Å². The molecule has 0 radical (unpaired) electrons. The van der Waals surface area contributed by atoms with Gasteiger partial charge in [0.2, 0.25) is 5.95 Å². The molecule has 0 aliphatic carbocycles. The summed E-state index contributed by atoms with van der Waals surface area (Å²) < 4.78 is 13.3. The third-order valence-corrected chi connectivity index (χ3v) is 7.16. The summed E-state index contributed by atoms with van der Waals surface area (Å²) in [6.45, 7) is 4.61. The molecular formula is C22H26ClN5O2. The van der Waals surface area contributed by atoms with Crippen LogP contribution in [0.5, 0.6) is 5.75 Å². The molecule has 30 heavy (non-hydrogen) atoms. The van der Waals surface area contributed by atoms with Crippen molar-refractivity contribution in [3.63, 3.8) is 0 Å². The number of nitrogens with two attached hydrogens (primary N) is 1. The molecule has 3 aromatic rings. The molecule has 1 aromatic carbocycles. The first-order valence-corrected chi connectivity index (χ1v) is 10.7. The summed E-state index contributed by atoms with van der Waals surface area (Å²) in [4.78, 5) is 11.7. The fraction of sp³-hybridized carbons (Fsp3) is 0.455. The Kier molecular flexibility index (Phi) is 4.84. The number of fused-ring (bicyclic) bond motifs is 1. The molecule has 158 valence electrons. The lowest BCUT2D eigenvalue weighted by Crippen LogP contribution is -2.51. The number of hydrogen-bond acceptors (Lipinski definition) is 6. The molecule has 0 saturated carbocycles. The zero-order valence-corrected chi connectivity index (χ0v) is 18.0. The van der Waals surface area contributed by atoms with Crippen LogP contribution < -0.4 is 15.4 Å². The summed E-state index contributed by atoms with van der Waals surface area (Å²) in [5, 5.41) is 0.559. The summed E-state index contributed by atoms with van der Waals surface area (Å²) in [6, 6.07) is 5.83. The van der Waals surface area contributed by atoms with Gasteiger partial charge in [0, 0.05) is 54.3 Å². The van der Waals surface area contributed by atoms with Crippen molar-refractivity contribution in [1.29, 1.82) is 0 Å². The Morgan fingerprint density at radius 3 is 2.73 bits per heavy atom. The monoisotopic (exact) mass is 427 g/mol. The van der Waals surface area contributed by atoms with E-state index in [2.05, 4.69) is 16.8 Å². The lowest BCUT2D eigenvalue weighted by atomic mass is 9.73. The molecule has 2 N–H and O–H groups in total. The van der Waals surface area contributed by atoms with Crippen LogP contribution in [0.1, 0.15) is 19.8 Å². The number of methoxy groups -OCH3 is 1. The second kappa shape index (κ2) is 7.41. The van der Waals surface area contributed by atoms with E-state index in [0.717, 1.165) is 55.3 Å². The Bertz CT molecular complexity index is 1080. The van der Waals surface area contributed by atoms with Crippen molar-refractivity contribution in [3.05, 3.63) is 41.8 Å². The van der Waals surface area contributed by atoms with Crippen LogP contribution in [0.15, 0.2) is 36.8 Å². The van der Waals surface area contributed by atoms with Crippen LogP contribution in [-0.4, -0.2) is 53.3 Å². The first kappa shape index (κ1) is 19.6. The highest BCUT2D eigenvalue weighted by molar-refractivity contribution is 6.35. The number of piperidine rings is 1. The van der Waals surface area contributed by atoms with E-state index >= 15 is 0 Å². The molecule has 4 heterocycles. The van der Waals surface area contributed by atoms with Gasteiger partial charge in [-0.25, -0.2) is 9.97 Å². The van der Waals surface area contributed by atoms with E-state index in [-0.39, 0.29) is 17.6 Å². The second-order valence-electron chi connectivity index (χ2n) is 8.31. The van der Waals surface area contributed by atoms with Gasteiger partial charge < -0.3 is 20.1 Å². The highest BCUT2D eigenvalue weighted by Crippen LogP contribution is 2.42. The van der Waals surface area contributed by atoms with Gasteiger partial charge in [-0.05, 0) is 25.8 Å². The van der Waals surface area contributed by atoms with E-state index in [4.69, 9.17) is 31.8 Å². The van der Waals surface area contributed by atoms with Crippen molar-refractivity contribution in [2.75, 3.05) is 31.7 Å². The van der Waals surface area contributed by atoms with Gasteiger partial charge in [-0.2, -0.15) is 0 Å². The summed E-state index contributed by atoms with van der Waals surface area (Å²) >= 11 is 6.57. The zero-order valence-electron chi connectivity index (χ0n) is 17.2. The van der Waals surface area contributed by atoms with Gasteiger partial charge in [-0.3, -0.25) is 4.40 Å². The summed E-state index contributed by atoms with van der Waals surface area (Å²) in [7, 11) is 1.61. The number of anilines is 1. The maximum Gasteiger partial charge on any atom is 0.211 e. The van der Waals surface area contributed by atoms with E-state index in [1.54, 1.807) is 13.3 Å². The highest BCUT2D eigenvalue weighted by atomic mass is 35.5. The van der Waals surface area contributed by atoms with Crippen molar-refractivity contribution < 1.29 is 9.47 Å². The number of halogens is 1. The summed E-state index contributed by atoms with van der Waals surface area (Å²) in [5.41, 5.74) is 9.11. The minimum Gasteiger partial charge on any atom is -0.495 e. The number of benzene rings is 1. The molecule has 7 nitrogen and oxygen atoms in total. The number of aromatic nitrogens is 3. The van der Waals surface area contributed by atoms with Crippen LogP contribution in [-0.2, 0) is 4.74 Å². The maximum absolute atomic E-state index is 6.57. The minimum atomic E-state index is 0.0814. The topological polar surface area (TPSA) is 77.9 Å². The van der Waals surface area contributed by atoms with Crippen LogP contribution in [0.3, 0.4) is 0 Å². The standard InChI is InChI=1S/C22H26ClN5O2/c1-14-19(24)22(13-30-14)6-9-27(10-7-22)21-26-12-16(20-25-8-11-28(20)21)15-4-3-5-17(29-2)18(15)23/h3-5,8,11-12,14,19H,6-7,9-10,13,24H2,1-2H3/t14-,19+/m0/s1. The predicted molar refractivity (Wildman–Crippen MR) is 117 cm³/mol. The van der Waals surface area contributed by atoms with E-state index < -0.39 is 0 Å². The van der Waals surface area contributed by atoms with Gasteiger partial charge in [0.05, 0.1) is 24.8 Å². The average molecular weight is 428 g/mol. The third kappa shape index (κ3) is 2.95. The lowest BCUT2D eigenvalue weighted by molar-refractivity contribution is 0.0973. The highest BCUT2D eigenvalue weighted by Gasteiger charge is 2.47. The average Bonchev–Trinajstić information content (AvgIpc) is 3.36. The number of hydrogen-bond donors (Lipinski definition) is 1. The number of ether oxygens (including phenoxy) is 2. The molecule has 5 rings (SSSR count). The molecule has 2 saturated heterocycles. The second-order valence-corrected chi connectivity index (χ2v) is 8.68. The van der Waals surface area contributed by atoms with E-state index in [9.17, 15) is 0 Å². The molecule has 2 atom stereocenters. The number of imidazole rings is 1. The smallest absolute Gasteiger partial charge is 0.211 e. The van der Waals surface area contributed by atoms with Crippen molar-refractivity contribution in [2.24, 2.45) is 11.1 Å². The molecular weight excluding hydrogens is 402 g/mol. The van der Waals surface area contributed by atoms with Gasteiger partial charge >= 0.3 is 0 Å². The molecule has 0 unspecified atom stereocenters. The molecule has 0 bridgehead atoms. The van der Waals surface area contributed by atoms with Crippen molar-refractivity contribution in [3.8, 4) is 16.9 Å². The van der Waals surface area contributed by atoms with E-state index in [1.165, 1.54) is 0 Å². The molecule has 0 amide bonds. The van der Waals surface area contributed by atoms with Crippen LogP contribution in [0.25, 0.3) is 16.8 Å². The lowest BCUT2D eigenvalue weighted by Gasteiger charge is -2.41. The molecule has 2 aliphatic rings. The zero-order chi connectivity index (χ0) is 20.9. The molecule has 2 aliphatic heterocycles. The van der Waals surface area contributed by atoms with Crippen LogP contribution in [0.2, 0.25) is 5.02 Å². The molecule has 8 heteroatoms. The first-order valence-electron chi connectivity index (χ1n) is 10.3. The fourth-order valence-electron chi connectivity index (χ4n) is 4.83. The first-order chi connectivity index (χ1) is 14.5. The van der Waals surface area contributed by atoms with Crippen molar-refractivity contribution in [1.82, 2.24) is 14.4 Å². The molecule has 2 aromatic heterocycles. The Morgan fingerprint density at radius 2 is 2.03 bits per heavy atom. The van der Waals surface area contributed by atoms with E-state index in [0.29, 0.717) is 10.8 Å². The SMILES string of the molecule is COc1cccc(-c2cnc(N3CCC4(CC3)CO[C@@H](C)[C@H]4N)n3ccnc23)c1Cl. The van der Waals surface area contributed by atoms with Crippen LogP contribution >= 0.6 is 11.6 Å². The van der Waals surface area contributed by atoms with Gasteiger partial charge in [0.25, 0.3) is 0 Å². The Hall–Kier alpha value is -2.35. The van der Waals surface area contributed by atoms with Crippen molar-refractivity contribution in [2.45, 2.75) is 31.9 Å². The predicted octanol–water partition coefficient (Wildman–Crippen LogP) is 3.39. The number of nitrogens with zero attached hydrogens (tertiary/aromatic N) is 4. The third-order valence-electron chi connectivity index (χ3n) is 6.77. The molecule has 2 fully saturated rings. The normalized spacial score (nSPS) is 23.4. The maximum atomic E-state index is 6.57. The summed E-state index contributed by atoms with van der Waals surface area (Å²) in [6.07, 6.45) is 7.73. The van der Waals surface area contributed by atoms with Gasteiger partial charge in [-0.15, -0.1) is 0 Å². The fourth-order valence-corrected chi connectivity index (χ4v) is 5.14. The Labute approximate surface area is 180 Å². The minimum absolute atomic E-state index is 0.0814. The quantitative estimate of drug-likeness (QED) is 0.690. The van der Waals surface area contributed by atoms with Crippen molar-refractivity contribution >= 4 is 23.2 Å². The largest absolute Gasteiger partial charge is 0.495 e. The number of rotatable bonds is 3. The van der Waals surface area contributed by atoms with Crippen LogP contribution in [0, 0.1) is 5.41 Å². The van der Waals surface area contributed by atoms with Gasteiger partial charge in [-0.1, -0.05) is 23.7 Å². The molecule has 1 spiro atoms. The summed E-state index contributed by atoms with van der Waals surface area (Å²) in [5.74, 6) is 1.52. The van der Waals surface area contributed by atoms with Crippen LogP contribution in [0.4, 0.5) is 5.95 Å².